The van der Waals surface area contributed by atoms with Crippen LogP contribution in [0.3, 0.4) is 0 Å². The third-order valence-electron chi connectivity index (χ3n) is 14.2. The number of aromatic nitrogens is 4. The Morgan fingerprint density at radius 1 is 1.00 bits per heavy atom. The average molecular weight is 911 g/mol. The van der Waals surface area contributed by atoms with Crippen molar-refractivity contribution in [2.45, 2.75) is 97.9 Å². The summed E-state index contributed by atoms with van der Waals surface area (Å²) in [6, 6.07) is 15.5. The molecule has 15 heteroatoms. The smallest absolute Gasteiger partial charge is 0.293 e. The van der Waals surface area contributed by atoms with Crippen LogP contribution in [-0.4, -0.2) is 92.3 Å². The zero-order valence-corrected chi connectivity index (χ0v) is 39.8. The van der Waals surface area contributed by atoms with Crippen molar-refractivity contribution in [3.8, 4) is 11.3 Å². The quantitative estimate of drug-likeness (QED) is 0.121. The molecule has 9 rings (SSSR count). The number of piperidine rings is 1. The molecule has 3 aliphatic heterocycles. The number of hydrogen-bond acceptors (Lipinski definition) is 10. The maximum absolute atomic E-state index is 14.7. The van der Waals surface area contributed by atoms with Crippen LogP contribution in [0.4, 0.5) is 38.8 Å². The Bertz CT molecular complexity index is 2820. The number of anilines is 6. The van der Waals surface area contributed by atoms with E-state index in [1.807, 2.05) is 51.1 Å². The van der Waals surface area contributed by atoms with Gasteiger partial charge in [0.05, 0.1) is 23.7 Å². The number of amides is 2. The predicted molar refractivity (Wildman–Crippen MR) is 263 cm³/mol. The lowest BCUT2D eigenvalue weighted by Gasteiger charge is -2.47. The van der Waals surface area contributed by atoms with Crippen LogP contribution in [0.2, 0.25) is 0 Å². The van der Waals surface area contributed by atoms with Crippen LogP contribution in [0.1, 0.15) is 87.3 Å². The number of carbonyl (C=O) groups excluding carboxylic acids is 2. The van der Waals surface area contributed by atoms with E-state index < -0.39 is 6.61 Å². The highest BCUT2D eigenvalue weighted by Crippen LogP contribution is 2.41. The molecule has 2 aromatic carbocycles. The van der Waals surface area contributed by atoms with Crippen LogP contribution in [0.5, 0.6) is 0 Å². The van der Waals surface area contributed by atoms with Crippen LogP contribution in [0, 0.1) is 11.2 Å². The van der Waals surface area contributed by atoms with Gasteiger partial charge in [-0.15, -0.1) is 0 Å². The summed E-state index contributed by atoms with van der Waals surface area (Å²) in [6.45, 7) is 21.4. The van der Waals surface area contributed by atoms with Gasteiger partial charge in [0.1, 0.15) is 17.3 Å². The molecule has 352 valence electrons. The van der Waals surface area contributed by atoms with E-state index in [4.69, 9.17) is 4.98 Å². The summed E-state index contributed by atoms with van der Waals surface area (Å²) in [4.78, 5) is 58.9. The van der Waals surface area contributed by atoms with Crippen LogP contribution >= 0.6 is 0 Å². The third-order valence-corrected chi connectivity index (χ3v) is 14.2. The molecule has 0 unspecified atom stereocenters. The Hall–Kier alpha value is -6.32. The van der Waals surface area contributed by atoms with Crippen molar-refractivity contribution < 1.29 is 19.1 Å². The first-order chi connectivity index (χ1) is 31.9. The number of aliphatic hydroxyl groups excluding tert-OH is 1. The second kappa shape index (κ2) is 17.7. The molecule has 2 saturated heterocycles. The minimum atomic E-state index is -0.406. The molecule has 2 amide bonds. The fourth-order valence-corrected chi connectivity index (χ4v) is 10.8. The van der Waals surface area contributed by atoms with Crippen molar-refractivity contribution >= 4 is 46.2 Å². The number of benzene rings is 2. The molecule has 3 aromatic heterocycles. The number of rotatable bonds is 10. The molecule has 2 fully saturated rings. The van der Waals surface area contributed by atoms with Gasteiger partial charge >= 0.3 is 0 Å². The third kappa shape index (κ3) is 8.86. The Morgan fingerprint density at radius 3 is 2.49 bits per heavy atom. The van der Waals surface area contributed by atoms with Gasteiger partial charge in [0, 0.05) is 106 Å². The molecular formula is C52H63FN10O4. The van der Waals surface area contributed by atoms with Gasteiger partial charge in [0.25, 0.3) is 11.5 Å². The summed E-state index contributed by atoms with van der Waals surface area (Å²) < 4.78 is 18.3. The first-order valence-electron chi connectivity index (χ1n) is 23.5. The van der Waals surface area contributed by atoms with E-state index in [2.05, 4.69) is 62.2 Å². The number of halogens is 1. The topological polar surface area (TPSA) is 144 Å². The normalized spacial score (nSPS) is 18.8. The predicted octanol–water partition coefficient (Wildman–Crippen LogP) is 7.41. The molecule has 0 saturated carbocycles. The summed E-state index contributed by atoms with van der Waals surface area (Å²) in [6.07, 6.45) is 8.32. The number of aliphatic hydroxyl groups is 1. The van der Waals surface area contributed by atoms with E-state index in [9.17, 15) is 23.9 Å². The molecule has 6 heterocycles. The first kappa shape index (κ1) is 45.8. The van der Waals surface area contributed by atoms with Gasteiger partial charge < -0.3 is 34.7 Å². The van der Waals surface area contributed by atoms with E-state index in [0.717, 1.165) is 75.3 Å². The van der Waals surface area contributed by atoms with Gasteiger partial charge in [-0.1, -0.05) is 41.2 Å². The molecule has 0 radical (unpaired) electrons. The number of carbonyl (C=O) groups is 2. The van der Waals surface area contributed by atoms with Gasteiger partial charge in [-0.2, -0.15) is 0 Å². The van der Waals surface area contributed by atoms with Crippen LogP contribution in [-0.2, 0) is 43.3 Å². The van der Waals surface area contributed by atoms with Crippen LogP contribution in [0.15, 0.2) is 78.4 Å². The minimum absolute atomic E-state index is 0.0439. The van der Waals surface area contributed by atoms with Crippen LogP contribution in [0.25, 0.3) is 11.3 Å². The Balaban J connectivity index is 0.916. The maximum atomic E-state index is 14.7. The van der Waals surface area contributed by atoms with E-state index in [0.29, 0.717) is 58.8 Å². The van der Waals surface area contributed by atoms with E-state index in [1.54, 1.807) is 42.5 Å². The first-order valence-corrected chi connectivity index (χ1v) is 23.5. The van der Waals surface area contributed by atoms with Crippen LogP contribution < -0.4 is 30.9 Å². The highest BCUT2D eigenvalue weighted by Gasteiger charge is 2.38. The van der Waals surface area contributed by atoms with Crippen molar-refractivity contribution in [3.63, 3.8) is 0 Å². The molecule has 1 atom stereocenters. The number of piperazine rings is 1. The number of fused-ring (bicyclic) bond motifs is 3. The lowest BCUT2D eigenvalue weighted by atomic mass is 9.86. The fourth-order valence-electron chi connectivity index (χ4n) is 10.8. The second-order valence-electron chi connectivity index (χ2n) is 20.6. The Kier molecular flexibility index (Phi) is 12.1. The summed E-state index contributed by atoms with van der Waals surface area (Å²) in [5.74, 6) is -0.278. The maximum Gasteiger partial charge on any atom is 0.293 e. The van der Waals surface area contributed by atoms with Gasteiger partial charge in [-0.3, -0.25) is 24.2 Å². The van der Waals surface area contributed by atoms with Gasteiger partial charge in [0.2, 0.25) is 5.91 Å². The van der Waals surface area contributed by atoms with Crippen molar-refractivity contribution in [2.75, 3.05) is 64.6 Å². The van der Waals surface area contributed by atoms with Crippen molar-refractivity contribution in [1.82, 2.24) is 24.0 Å². The van der Waals surface area contributed by atoms with Crippen molar-refractivity contribution in [1.29, 1.82) is 0 Å². The Labute approximate surface area is 392 Å². The lowest BCUT2D eigenvalue weighted by Crippen LogP contribution is -2.57. The molecule has 14 nitrogen and oxygen atoms in total. The van der Waals surface area contributed by atoms with E-state index >= 15 is 0 Å². The van der Waals surface area contributed by atoms with Gasteiger partial charge in [-0.25, -0.2) is 14.4 Å². The van der Waals surface area contributed by atoms with E-state index in [1.165, 1.54) is 21.9 Å². The van der Waals surface area contributed by atoms with Crippen molar-refractivity contribution in [2.24, 2.45) is 12.5 Å². The number of pyridine rings is 1. The summed E-state index contributed by atoms with van der Waals surface area (Å²) >= 11 is 0. The van der Waals surface area contributed by atoms with Gasteiger partial charge in [-0.05, 0) is 109 Å². The molecule has 4 aliphatic rings. The van der Waals surface area contributed by atoms with E-state index in [-0.39, 0.29) is 45.9 Å². The second-order valence-corrected chi connectivity index (χ2v) is 20.6. The highest BCUT2D eigenvalue weighted by molar-refractivity contribution is 6.06. The molecule has 67 heavy (non-hydrogen) atoms. The molecule has 5 aromatic rings. The Morgan fingerprint density at radius 2 is 1.78 bits per heavy atom. The number of aryl methyl sites for hydroxylation is 1. The molecule has 1 aliphatic carbocycles. The largest absolute Gasteiger partial charge is 0.392 e. The standard InChI is InChI=1S/C52H63FN10O4/c1-9-46(65)56-41-25-34(10-13-43(41)61-21-20-60(29-32(61)2)35-15-18-59(19-16-35)36-11-12-40(53)39(26-36)51(3,4)5)55-47-50(67)58(8)30-42(57-47)37-14-17-54-48(38(37)31-64)63-23-22-62-44(49(63)66)24-33-27-52(6,7)28-45(33)62/h9-14,17,24-26,30,32,35,64H,1,15-16,18-23,27-29,31H2,2-8H3,(H,55,57)(H,56,65)/t32-/m0/s1. The zero-order chi connectivity index (χ0) is 47.5. The molecule has 0 spiro atoms. The SMILES string of the molecule is C=CC(=O)Nc1cc(Nc2nc(-c3ccnc(N4CCn5c(cc6c5CC(C)(C)C6)C4=O)c3CO)cn(C)c2=O)ccc1N1CCN(C2CCN(c3ccc(F)c(C(C)(C)C)c3)CC2)C[C@@H]1C. The number of hydrogen-bond donors (Lipinski definition) is 3. The molecule has 3 N–H and O–H groups in total. The summed E-state index contributed by atoms with van der Waals surface area (Å²) in [7, 11) is 1.64. The fraction of sp³-hybridized carbons (Fsp3) is 0.442. The van der Waals surface area contributed by atoms with Crippen molar-refractivity contribution in [3.05, 3.63) is 118 Å². The number of nitrogens with zero attached hydrogens (tertiary/aromatic N) is 8. The minimum Gasteiger partial charge on any atom is -0.392 e. The van der Waals surface area contributed by atoms with Gasteiger partial charge in [0.15, 0.2) is 5.82 Å². The highest BCUT2D eigenvalue weighted by atomic mass is 19.1. The monoisotopic (exact) mass is 911 g/mol. The molecular weight excluding hydrogens is 848 g/mol. The zero-order valence-electron chi connectivity index (χ0n) is 39.8. The average Bonchev–Trinajstić information content (AvgIpc) is 3.79. The summed E-state index contributed by atoms with van der Waals surface area (Å²) in [5.41, 5.74) is 7.74. The number of nitrogens with one attached hydrogen (secondary N) is 2. The summed E-state index contributed by atoms with van der Waals surface area (Å²) in [5, 5.41) is 17.1. The molecule has 0 bridgehead atoms. The lowest BCUT2D eigenvalue weighted by molar-refractivity contribution is -0.111.